The average Bonchev–Trinajstić information content (AvgIpc) is 2.25. The minimum Gasteiger partial charge on any atom is -0.478 e. The largest absolute Gasteiger partial charge is 0.478 e. The van der Waals surface area contributed by atoms with Crippen molar-refractivity contribution < 1.29 is 18.3 Å². The Balaban J connectivity index is 3.38. The maximum atomic E-state index is 12.0. The zero-order chi connectivity index (χ0) is 13.9. The molecule has 0 saturated heterocycles. The van der Waals surface area contributed by atoms with E-state index in [1.165, 1.54) is 6.07 Å². The minimum atomic E-state index is -3.53. The zero-order valence-electron chi connectivity index (χ0n) is 10.2. The summed E-state index contributed by atoms with van der Waals surface area (Å²) in [5.74, 6) is 0.954. The normalized spacial score (nSPS) is 10.9. The summed E-state index contributed by atoms with van der Waals surface area (Å²) < 4.78 is 24.0. The van der Waals surface area contributed by atoms with Crippen LogP contribution in [-0.4, -0.2) is 25.2 Å². The molecule has 1 aromatic rings. The lowest BCUT2D eigenvalue weighted by Gasteiger charge is -2.10. The Hall–Kier alpha value is -1.80. The molecule has 0 aliphatic carbocycles. The van der Waals surface area contributed by atoms with Gasteiger partial charge in [-0.2, -0.15) is 0 Å². The quantitative estimate of drug-likeness (QED) is 0.843. The van der Waals surface area contributed by atoms with Crippen molar-refractivity contribution in [2.45, 2.75) is 25.2 Å². The van der Waals surface area contributed by atoms with E-state index in [1.54, 1.807) is 19.9 Å². The number of carbonyl (C=O) groups is 1. The molecule has 96 valence electrons. The average molecular weight is 266 g/mol. The molecule has 0 fully saturated rings. The second-order valence-corrected chi connectivity index (χ2v) is 6.09. The van der Waals surface area contributed by atoms with Gasteiger partial charge in [-0.3, -0.25) is 0 Å². The van der Waals surface area contributed by atoms with E-state index in [9.17, 15) is 13.2 Å². The van der Waals surface area contributed by atoms with E-state index in [2.05, 4.69) is 5.92 Å². The van der Waals surface area contributed by atoms with Crippen LogP contribution in [0.5, 0.6) is 0 Å². The van der Waals surface area contributed by atoms with Crippen LogP contribution in [0.2, 0.25) is 0 Å². The van der Waals surface area contributed by atoms with Gasteiger partial charge >= 0.3 is 5.97 Å². The summed E-state index contributed by atoms with van der Waals surface area (Å²) in [5.41, 5.74) is 1.07. The van der Waals surface area contributed by atoms with Crippen molar-refractivity contribution in [3.63, 3.8) is 0 Å². The lowest BCUT2D eigenvalue weighted by molar-refractivity contribution is 0.0696. The third kappa shape index (κ3) is 2.90. The highest BCUT2D eigenvalue weighted by atomic mass is 32.2. The summed E-state index contributed by atoms with van der Waals surface area (Å²) in [4.78, 5) is 11.0. The fourth-order valence-corrected chi connectivity index (χ4v) is 3.15. The van der Waals surface area contributed by atoms with Crippen molar-refractivity contribution in [3.8, 4) is 12.3 Å². The van der Waals surface area contributed by atoms with Crippen molar-refractivity contribution in [2.24, 2.45) is 0 Å². The molecule has 0 aliphatic heterocycles. The lowest BCUT2D eigenvalue weighted by Crippen LogP contribution is -2.11. The Morgan fingerprint density at radius 3 is 2.44 bits per heavy atom. The number of benzene rings is 1. The van der Waals surface area contributed by atoms with Gasteiger partial charge in [-0.1, -0.05) is 6.07 Å². The number of aryl methyl sites for hydroxylation is 2. The van der Waals surface area contributed by atoms with Crippen LogP contribution in [0.15, 0.2) is 17.0 Å². The summed E-state index contributed by atoms with van der Waals surface area (Å²) in [5, 5.41) is 9.00. The molecular formula is C13H14O4S. The second-order valence-electron chi connectivity index (χ2n) is 4.01. The molecule has 1 rings (SSSR count). The smallest absolute Gasteiger partial charge is 0.335 e. The number of carboxylic acid groups (broad SMARTS) is 1. The lowest BCUT2D eigenvalue weighted by atomic mass is 10.1. The summed E-state index contributed by atoms with van der Waals surface area (Å²) in [6.45, 7) is 3.27. The Morgan fingerprint density at radius 1 is 1.33 bits per heavy atom. The van der Waals surface area contributed by atoms with Crippen LogP contribution in [-0.2, 0) is 9.84 Å². The maximum Gasteiger partial charge on any atom is 0.335 e. The van der Waals surface area contributed by atoms with E-state index in [0.29, 0.717) is 11.1 Å². The SMILES string of the molecule is C#CCCS(=O)(=O)c1cc(C(=O)O)c(C)cc1C. The molecule has 4 nitrogen and oxygen atoms in total. The summed E-state index contributed by atoms with van der Waals surface area (Å²) in [6, 6.07) is 2.77. The van der Waals surface area contributed by atoms with E-state index >= 15 is 0 Å². The molecule has 0 saturated carbocycles. The van der Waals surface area contributed by atoms with Gasteiger partial charge < -0.3 is 5.11 Å². The van der Waals surface area contributed by atoms with Crippen molar-refractivity contribution in [1.82, 2.24) is 0 Å². The van der Waals surface area contributed by atoms with Gasteiger partial charge in [0.2, 0.25) is 0 Å². The first-order valence-electron chi connectivity index (χ1n) is 5.30. The fraction of sp³-hybridized carbons (Fsp3) is 0.308. The monoisotopic (exact) mass is 266 g/mol. The third-order valence-corrected chi connectivity index (χ3v) is 4.45. The molecule has 0 aliphatic rings. The Labute approximate surface area is 107 Å². The second kappa shape index (κ2) is 5.23. The molecule has 0 unspecified atom stereocenters. The first-order chi connectivity index (χ1) is 8.29. The maximum absolute atomic E-state index is 12.0. The van der Waals surface area contributed by atoms with Crippen LogP contribution in [0.4, 0.5) is 0 Å². The molecule has 0 spiro atoms. The van der Waals surface area contributed by atoms with E-state index in [-0.39, 0.29) is 22.6 Å². The van der Waals surface area contributed by atoms with Crippen molar-refractivity contribution in [3.05, 3.63) is 28.8 Å². The van der Waals surface area contributed by atoms with Gasteiger partial charge in [-0.05, 0) is 31.0 Å². The number of carboxylic acids is 1. The van der Waals surface area contributed by atoms with Crippen LogP contribution in [0.1, 0.15) is 27.9 Å². The molecule has 18 heavy (non-hydrogen) atoms. The highest BCUT2D eigenvalue weighted by Gasteiger charge is 2.20. The number of hydrogen-bond acceptors (Lipinski definition) is 3. The molecule has 0 radical (unpaired) electrons. The topological polar surface area (TPSA) is 71.4 Å². The van der Waals surface area contributed by atoms with Gasteiger partial charge in [-0.25, -0.2) is 13.2 Å². The van der Waals surface area contributed by atoms with E-state index in [4.69, 9.17) is 11.5 Å². The predicted octanol–water partition coefficient (Wildman–Crippen LogP) is 1.80. The van der Waals surface area contributed by atoms with Gasteiger partial charge in [-0.15, -0.1) is 12.3 Å². The minimum absolute atomic E-state index is 0.000109. The molecule has 1 N–H and O–H groups in total. The van der Waals surface area contributed by atoms with Crippen LogP contribution >= 0.6 is 0 Å². The number of hydrogen-bond donors (Lipinski definition) is 1. The van der Waals surface area contributed by atoms with Crippen LogP contribution in [0.25, 0.3) is 0 Å². The van der Waals surface area contributed by atoms with Crippen molar-refractivity contribution in [2.75, 3.05) is 5.75 Å². The molecule has 0 bridgehead atoms. The van der Waals surface area contributed by atoms with Crippen LogP contribution in [0.3, 0.4) is 0 Å². The van der Waals surface area contributed by atoms with E-state index < -0.39 is 15.8 Å². The molecule has 0 aromatic heterocycles. The zero-order valence-corrected chi connectivity index (χ0v) is 11.0. The number of rotatable bonds is 4. The molecule has 5 heteroatoms. The summed E-state index contributed by atoms with van der Waals surface area (Å²) in [7, 11) is -3.53. The summed E-state index contributed by atoms with van der Waals surface area (Å²) in [6.07, 6.45) is 5.15. The highest BCUT2D eigenvalue weighted by molar-refractivity contribution is 7.91. The summed E-state index contributed by atoms with van der Waals surface area (Å²) >= 11 is 0. The highest BCUT2D eigenvalue weighted by Crippen LogP contribution is 2.22. The predicted molar refractivity (Wildman–Crippen MR) is 68.4 cm³/mol. The van der Waals surface area contributed by atoms with Crippen molar-refractivity contribution >= 4 is 15.8 Å². The third-order valence-electron chi connectivity index (χ3n) is 2.60. The van der Waals surface area contributed by atoms with E-state index in [0.717, 1.165) is 0 Å². The van der Waals surface area contributed by atoms with Gasteiger partial charge in [0.15, 0.2) is 9.84 Å². The van der Waals surface area contributed by atoms with Crippen LogP contribution < -0.4 is 0 Å². The standard InChI is InChI=1S/C13H14O4S/c1-4-5-6-18(16,17)12-8-11(13(14)15)9(2)7-10(12)3/h1,7-8H,5-6H2,2-3H3,(H,14,15). The Bertz CT molecular complexity index is 621. The first-order valence-corrected chi connectivity index (χ1v) is 6.95. The molecule has 0 atom stereocenters. The number of sulfone groups is 1. The molecule has 0 heterocycles. The fourth-order valence-electron chi connectivity index (χ4n) is 1.70. The van der Waals surface area contributed by atoms with Crippen LogP contribution in [0, 0.1) is 26.2 Å². The van der Waals surface area contributed by atoms with Gasteiger partial charge in [0.05, 0.1) is 16.2 Å². The van der Waals surface area contributed by atoms with Gasteiger partial charge in [0.1, 0.15) is 0 Å². The molecule has 0 amide bonds. The molecular weight excluding hydrogens is 252 g/mol. The van der Waals surface area contributed by atoms with Gasteiger partial charge in [0, 0.05) is 6.42 Å². The number of aromatic carboxylic acids is 1. The van der Waals surface area contributed by atoms with E-state index in [1.807, 2.05) is 0 Å². The van der Waals surface area contributed by atoms with Gasteiger partial charge in [0.25, 0.3) is 0 Å². The number of terminal acetylenes is 1. The van der Waals surface area contributed by atoms with Crippen molar-refractivity contribution in [1.29, 1.82) is 0 Å². The Kier molecular flexibility index (Phi) is 4.15. The first kappa shape index (κ1) is 14.3. The Morgan fingerprint density at radius 2 is 1.94 bits per heavy atom. The molecule has 1 aromatic carbocycles.